The Labute approximate surface area is 153 Å². The van der Waals surface area contributed by atoms with Crippen molar-refractivity contribution in [3.63, 3.8) is 0 Å². The van der Waals surface area contributed by atoms with Crippen LogP contribution in [0.4, 0.5) is 0 Å². The van der Waals surface area contributed by atoms with Crippen LogP contribution < -0.4 is 5.32 Å². The maximum Gasteiger partial charge on any atom is 0.307 e. The van der Waals surface area contributed by atoms with Crippen molar-refractivity contribution in [2.75, 3.05) is 13.7 Å². The minimum Gasteiger partial charge on any atom is -0.469 e. The minimum atomic E-state index is -0.579. The quantitative estimate of drug-likeness (QED) is 0.616. The number of fused-ring (bicyclic) bond motifs is 1. The fourth-order valence-corrected chi connectivity index (χ4v) is 3.51. The summed E-state index contributed by atoms with van der Waals surface area (Å²) in [5.41, 5.74) is 0.573. The van der Waals surface area contributed by atoms with Gasteiger partial charge >= 0.3 is 5.97 Å². The first-order chi connectivity index (χ1) is 12.5. The lowest BCUT2D eigenvalue weighted by atomic mass is 10.1. The van der Waals surface area contributed by atoms with Gasteiger partial charge in [0.2, 0.25) is 5.91 Å². The maximum atomic E-state index is 12.4. The molecule has 0 radical (unpaired) electrons. The summed E-state index contributed by atoms with van der Waals surface area (Å²) >= 11 is 1.39. The summed E-state index contributed by atoms with van der Waals surface area (Å²) in [5.74, 6) is -1.99. The molecule has 0 bridgehead atoms. The van der Waals surface area contributed by atoms with Gasteiger partial charge in [-0.1, -0.05) is 18.2 Å². The molecule has 1 aromatic heterocycles. The first kappa shape index (κ1) is 17.8. The first-order valence-electron chi connectivity index (χ1n) is 7.86. The maximum absolute atomic E-state index is 12.4. The van der Waals surface area contributed by atoms with E-state index in [0.717, 1.165) is 9.78 Å². The molecule has 26 heavy (non-hydrogen) atoms. The molecule has 1 atom stereocenters. The van der Waals surface area contributed by atoms with Gasteiger partial charge in [-0.05, 0) is 23.6 Å². The SMILES string of the molecule is COC(=O)C[C@H](NC(=O)CN1C(=O)c2ccccc2C1=O)c1cccs1. The number of thiophene rings is 1. The Balaban J connectivity index is 1.70. The third kappa shape index (κ3) is 3.50. The Bertz CT molecular complexity index is 827. The van der Waals surface area contributed by atoms with E-state index in [9.17, 15) is 19.2 Å². The summed E-state index contributed by atoms with van der Waals surface area (Å²) in [6.07, 6.45) is -0.0368. The summed E-state index contributed by atoms with van der Waals surface area (Å²) < 4.78 is 4.67. The van der Waals surface area contributed by atoms with E-state index in [0.29, 0.717) is 0 Å². The molecule has 134 valence electrons. The van der Waals surface area contributed by atoms with Gasteiger partial charge in [0.15, 0.2) is 0 Å². The van der Waals surface area contributed by atoms with Crippen LogP contribution in [0.3, 0.4) is 0 Å². The van der Waals surface area contributed by atoms with Crippen molar-refractivity contribution < 1.29 is 23.9 Å². The Hall–Kier alpha value is -3.00. The highest BCUT2D eigenvalue weighted by Gasteiger charge is 2.36. The van der Waals surface area contributed by atoms with Crippen molar-refractivity contribution in [3.05, 3.63) is 57.8 Å². The molecular weight excluding hydrogens is 356 g/mol. The van der Waals surface area contributed by atoms with E-state index in [1.807, 2.05) is 5.38 Å². The second-order valence-electron chi connectivity index (χ2n) is 5.66. The minimum absolute atomic E-state index is 0.0368. The van der Waals surface area contributed by atoms with Gasteiger partial charge in [-0.15, -0.1) is 11.3 Å². The number of carbonyl (C=O) groups excluding carboxylic acids is 4. The molecule has 0 unspecified atom stereocenters. The molecule has 1 aromatic carbocycles. The van der Waals surface area contributed by atoms with E-state index in [1.165, 1.54) is 18.4 Å². The standard InChI is InChI=1S/C18H16N2O5S/c1-25-16(22)9-13(14-7-4-8-26-14)19-15(21)10-20-17(23)11-5-2-3-6-12(11)18(20)24/h2-8,13H,9-10H2,1H3,(H,19,21)/t13-/m0/s1. The van der Waals surface area contributed by atoms with Gasteiger partial charge < -0.3 is 10.1 Å². The van der Waals surface area contributed by atoms with Crippen LogP contribution >= 0.6 is 11.3 Å². The topological polar surface area (TPSA) is 92.8 Å². The molecule has 1 aliphatic rings. The monoisotopic (exact) mass is 372 g/mol. The van der Waals surface area contributed by atoms with Crippen LogP contribution in [0.15, 0.2) is 41.8 Å². The number of hydrogen-bond acceptors (Lipinski definition) is 6. The van der Waals surface area contributed by atoms with Gasteiger partial charge in [-0.25, -0.2) is 0 Å². The van der Waals surface area contributed by atoms with Crippen LogP contribution in [0.5, 0.6) is 0 Å². The van der Waals surface area contributed by atoms with Crippen LogP contribution in [0.1, 0.15) is 38.1 Å². The molecule has 2 heterocycles. The van der Waals surface area contributed by atoms with Crippen LogP contribution in [-0.4, -0.2) is 42.2 Å². The molecule has 0 saturated heterocycles. The van der Waals surface area contributed by atoms with E-state index < -0.39 is 36.3 Å². The van der Waals surface area contributed by atoms with Crippen molar-refractivity contribution >= 4 is 35.0 Å². The number of esters is 1. The lowest BCUT2D eigenvalue weighted by Gasteiger charge is -2.19. The molecule has 0 spiro atoms. The number of hydrogen-bond donors (Lipinski definition) is 1. The molecule has 0 aliphatic carbocycles. The summed E-state index contributed by atoms with van der Waals surface area (Å²) in [7, 11) is 1.27. The van der Waals surface area contributed by atoms with Gasteiger partial charge in [0.05, 0.1) is 30.7 Å². The Morgan fingerprint density at radius 1 is 1.12 bits per heavy atom. The molecule has 3 rings (SSSR count). The van der Waals surface area contributed by atoms with Gasteiger partial charge in [-0.3, -0.25) is 24.1 Å². The smallest absolute Gasteiger partial charge is 0.307 e. The van der Waals surface area contributed by atoms with Crippen molar-refractivity contribution in [2.24, 2.45) is 0 Å². The van der Waals surface area contributed by atoms with Gasteiger partial charge in [0, 0.05) is 4.88 Å². The highest BCUT2D eigenvalue weighted by Crippen LogP contribution is 2.24. The predicted octanol–water partition coefficient (Wildman–Crippen LogP) is 1.76. The van der Waals surface area contributed by atoms with E-state index in [4.69, 9.17) is 0 Å². The van der Waals surface area contributed by atoms with Crippen molar-refractivity contribution in [2.45, 2.75) is 12.5 Å². The van der Waals surface area contributed by atoms with E-state index in [-0.39, 0.29) is 17.5 Å². The fraction of sp³-hybridized carbons (Fsp3) is 0.222. The van der Waals surface area contributed by atoms with E-state index in [2.05, 4.69) is 10.1 Å². The Kier molecular flexibility index (Phi) is 5.13. The molecule has 1 aliphatic heterocycles. The molecule has 0 saturated carbocycles. The zero-order valence-electron chi connectivity index (χ0n) is 13.9. The molecule has 1 N–H and O–H groups in total. The lowest BCUT2D eigenvalue weighted by molar-refractivity contribution is -0.141. The number of carbonyl (C=O) groups is 4. The zero-order valence-corrected chi connectivity index (χ0v) is 14.7. The van der Waals surface area contributed by atoms with E-state index in [1.54, 1.807) is 36.4 Å². The number of benzene rings is 1. The lowest BCUT2D eigenvalue weighted by Crippen LogP contribution is -2.41. The zero-order chi connectivity index (χ0) is 18.7. The van der Waals surface area contributed by atoms with Crippen molar-refractivity contribution in [1.29, 1.82) is 0 Å². The van der Waals surface area contributed by atoms with Gasteiger partial charge in [0.25, 0.3) is 11.8 Å². The fourth-order valence-electron chi connectivity index (χ4n) is 2.73. The third-order valence-corrected chi connectivity index (χ3v) is 4.99. The average molecular weight is 372 g/mol. The number of imide groups is 1. The number of ether oxygens (including phenoxy) is 1. The van der Waals surface area contributed by atoms with Crippen molar-refractivity contribution in [3.8, 4) is 0 Å². The molecule has 3 amide bonds. The van der Waals surface area contributed by atoms with Gasteiger partial charge in [-0.2, -0.15) is 0 Å². The second-order valence-corrected chi connectivity index (χ2v) is 6.64. The molecule has 8 heteroatoms. The third-order valence-electron chi connectivity index (χ3n) is 4.00. The average Bonchev–Trinajstić information content (AvgIpc) is 3.25. The molecule has 2 aromatic rings. The summed E-state index contributed by atoms with van der Waals surface area (Å²) in [4.78, 5) is 50.4. The number of methoxy groups -OCH3 is 1. The highest BCUT2D eigenvalue weighted by molar-refractivity contribution is 7.10. The molecular formula is C18H16N2O5S. The van der Waals surface area contributed by atoms with Crippen LogP contribution in [-0.2, 0) is 14.3 Å². The number of rotatable bonds is 6. The summed E-state index contributed by atoms with van der Waals surface area (Å²) in [5, 5.41) is 4.53. The normalized spacial score (nSPS) is 14.1. The number of amides is 3. The summed E-state index contributed by atoms with van der Waals surface area (Å²) in [6.45, 7) is -0.407. The van der Waals surface area contributed by atoms with Crippen LogP contribution in [0, 0.1) is 0 Å². The van der Waals surface area contributed by atoms with Crippen LogP contribution in [0.25, 0.3) is 0 Å². The highest BCUT2D eigenvalue weighted by atomic mass is 32.1. The molecule has 7 nitrogen and oxygen atoms in total. The second kappa shape index (κ2) is 7.49. The number of nitrogens with one attached hydrogen (secondary N) is 1. The van der Waals surface area contributed by atoms with Crippen molar-refractivity contribution in [1.82, 2.24) is 10.2 Å². The summed E-state index contributed by atoms with van der Waals surface area (Å²) in [6, 6.07) is 9.46. The van der Waals surface area contributed by atoms with E-state index >= 15 is 0 Å². The number of nitrogens with zero attached hydrogens (tertiary/aromatic N) is 1. The predicted molar refractivity (Wildman–Crippen MR) is 93.6 cm³/mol. The van der Waals surface area contributed by atoms with Gasteiger partial charge in [0.1, 0.15) is 6.54 Å². The molecule has 0 fully saturated rings. The largest absolute Gasteiger partial charge is 0.469 e. The van der Waals surface area contributed by atoms with Crippen LogP contribution in [0.2, 0.25) is 0 Å². The Morgan fingerprint density at radius 2 is 1.77 bits per heavy atom. The Morgan fingerprint density at radius 3 is 2.31 bits per heavy atom. The first-order valence-corrected chi connectivity index (χ1v) is 8.74.